The van der Waals surface area contributed by atoms with E-state index in [1.165, 1.54) is 32.7 Å². The molecule has 25 heavy (non-hydrogen) atoms. The molecule has 0 aliphatic carbocycles. The van der Waals surface area contributed by atoms with E-state index in [4.69, 9.17) is 0 Å². The van der Waals surface area contributed by atoms with Crippen LogP contribution < -0.4 is 5.30 Å². The third-order valence-corrected chi connectivity index (χ3v) is 12.9. The molecule has 0 saturated carbocycles. The van der Waals surface area contributed by atoms with Gasteiger partial charge in [0.1, 0.15) is 0 Å². The van der Waals surface area contributed by atoms with Gasteiger partial charge in [-0.15, -0.1) is 0 Å². The molecule has 0 bridgehead atoms. The number of fused-ring (bicyclic) bond motifs is 2. The Kier molecular flexibility index (Phi) is 4.36. The van der Waals surface area contributed by atoms with Crippen LogP contribution in [0.1, 0.15) is 0 Å². The Morgan fingerprint density at radius 2 is 1.24 bits per heavy atom. The summed E-state index contributed by atoms with van der Waals surface area (Å²) in [6.07, 6.45) is 0. The molecule has 4 rings (SSSR count). The van der Waals surface area contributed by atoms with E-state index in [0.29, 0.717) is 0 Å². The van der Waals surface area contributed by atoms with Crippen LogP contribution in [0.15, 0.2) is 78.9 Å². The average molecular weight is 362 g/mol. The first kappa shape index (κ1) is 16.7. The minimum atomic E-state index is -1.46. The first-order valence-electron chi connectivity index (χ1n) is 8.81. The molecule has 2 heteroatoms. The topological polar surface area (TPSA) is 0 Å². The van der Waals surface area contributed by atoms with Crippen molar-refractivity contribution in [1.29, 1.82) is 0 Å². The predicted octanol–water partition coefficient (Wildman–Crippen LogP) is 6.52. The molecule has 0 heterocycles. The molecule has 0 nitrogen and oxygen atoms in total. The van der Waals surface area contributed by atoms with Crippen LogP contribution in [0.25, 0.3) is 32.7 Å². The molecule has 0 aliphatic heterocycles. The van der Waals surface area contributed by atoms with Gasteiger partial charge in [-0.1, -0.05) is 0 Å². The van der Waals surface area contributed by atoms with Crippen molar-refractivity contribution in [1.82, 2.24) is 0 Å². The van der Waals surface area contributed by atoms with Crippen molar-refractivity contribution in [3.8, 4) is 11.1 Å². The van der Waals surface area contributed by atoms with Crippen LogP contribution in [0.3, 0.4) is 0 Å². The maximum absolute atomic E-state index is 2.50. The van der Waals surface area contributed by atoms with E-state index in [1.807, 2.05) is 0 Å². The fourth-order valence-corrected chi connectivity index (χ4v) is 6.76. The van der Waals surface area contributed by atoms with Crippen molar-refractivity contribution in [2.45, 2.75) is 0 Å². The zero-order chi connectivity index (χ0) is 17.4. The second-order valence-corrected chi connectivity index (χ2v) is 16.6. The van der Waals surface area contributed by atoms with Crippen molar-refractivity contribution >= 4 is 42.1 Å². The number of rotatable bonds is 3. The standard InChI is InChI=1S/C23H24P2/c1-24-25(2,3)22-16-15-18-10-5-7-13-20(18)23(22)21-14-8-11-17-9-4-6-12-19(17)21/h4-16,24-25H,1-3H3. The minimum absolute atomic E-state index is 0.990. The monoisotopic (exact) mass is 362 g/mol. The van der Waals surface area contributed by atoms with Gasteiger partial charge in [-0.25, -0.2) is 0 Å². The Labute approximate surface area is 152 Å². The molecule has 0 saturated heterocycles. The van der Waals surface area contributed by atoms with Gasteiger partial charge in [0.25, 0.3) is 0 Å². The first-order chi connectivity index (χ1) is 12.1. The molecule has 126 valence electrons. The summed E-state index contributed by atoms with van der Waals surface area (Å²) >= 11 is 0. The summed E-state index contributed by atoms with van der Waals surface area (Å²) in [6.45, 7) is 5.92. The Morgan fingerprint density at radius 1 is 0.640 bits per heavy atom. The Morgan fingerprint density at radius 3 is 1.96 bits per heavy atom. The summed E-state index contributed by atoms with van der Waals surface area (Å²) in [4.78, 5) is 0. The van der Waals surface area contributed by atoms with Crippen molar-refractivity contribution in [3.63, 3.8) is 0 Å². The average Bonchev–Trinajstić information content (AvgIpc) is 2.66. The van der Waals surface area contributed by atoms with Gasteiger partial charge in [-0.05, 0) is 0 Å². The molecule has 4 aromatic rings. The zero-order valence-corrected chi connectivity index (χ0v) is 17.0. The van der Waals surface area contributed by atoms with Gasteiger partial charge in [0.15, 0.2) is 0 Å². The molecule has 0 radical (unpaired) electrons. The van der Waals surface area contributed by atoms with Crippen molar-refractivity contribution in [2.24, 2.45) is 0 Å². The van der Waals surface area contributed by atoms with Crippen molar-refractivity contribution < 1.29 is 0 Å². The van der Waals surface area contributed by atoms with Crippen LogP contribution in [-0.4, -0.2) is 20.0 Å². The molecule has 1 atom stereocenters. The van der Waals surface area contributed by atoms with Gasteiger partial charge in [-0.3, -0.25) is 0 Å². The summed E-state index contributed by atoms with van der Waals surface area (Å²) in [5.74, 6) is 0. The second-order valence-electron chi connectivity index (χ2n) is 7.11. The predicted molar refractivity (Wildman–Crippen MR) is 121 cm³/mol. The van der Waals surface area contributed by atoms with Crippen LogP contribution in [0.5, 0.6) is 0 Å². The molecule has 0 N–H and O–H groups in total. The van der Waals surface area contributed by atoms with E-state index in [-0.39, 0.29) is 0 Å². The van der Waals surface area contributed by atoms with Crippen LogP contribution in [0.4, 0.5) is 0 Å². The third-order valence-electron chi connectivity index (χ3n) is 5.29. The fraction of sp³-hybridized carbons (Fsp3) is 0.130. The van der Waals surface area contributed by atoms with Crippen LogP contribution in [0, 0.1) is 0 Å². The van der Waals surface area contributed by atoms with E-state index < -0.39 is 6.95 Å². The van der Waals surface area contributed by atoms with E-state index in [2.05, 4.69) is 98.9 Å². The van der Waals surface area contributed by atoms with Gasteiger partial charge >= 0.3 is 152 Å². The molecule has 0 aromatic heterocycles. The number of hydrogen-bond acceptors (Lipinski definition) is 0. The Balaban J connectivity index is 2.17. The van der Waals surface area contributed by atoms with E-state index >= 15 is 0 Å². The van der Waals surface area contributed by atoms with Crippen LogP contribution in [-0.2, 0) is 0 Å². The summed E-state index contributed by atoms with van der Waals surface area (Å²) in [5, 5.41) is 6.97. The van der Waals surface area contributed by atoms with Crippen molar-refractivity contribution in [3.05, 3.63) is 78.9 Å². The summed E-state index contributed by atoms with van der Waals surface area (Å²) < 4.78 is 0. The zero-order valence-electron chi connectivity index (χ0n) is 15.0. The SMILES string of the molecule is CP[PH](C)(C)c1ccc2ccccc2c1-c1cccc2ccccc12. The quantitative estimate of drug-likeness (QED) is 0.364. The third kappa shape index (κ3) is 2.89. The van der Waals surface area contributed by atoms with Crippen molar-refractivity contribution in [2.75, 3.05) is 20.0 Å². The number of hydrogen-bond donors (Lipinski definition) is 0. The van der Waals surface area contributed by atoms with Gasteiger partial charge in [0, 0.05) is 0 Å². The first-order valence-corrected chi connectivity index (χ1v) is 14.3. The molecule has 1 unspecified atom stereocenters. The summed E-state index contributed by atoms with van der Waals surface area (Å²) in [6, 6.07) is 29.0. The summed E-state index contributed by atoms with van der Waals surface area (Å²) in [7, 11) is 0.990. The Hall–Kier alpha value is -1.74. The van der Waals surface area contributed by atoms with Crippen LogP contribution >= 0.6 is 15.2 Å². The van der Waals surface area contributed by atoms with E-state index in [0.717, 1.165) is 8.27 Å². The molecular weight excluding hydrogens is 338 g/mol. The molecule has 0 fully saturated rings. The van der Waals surface area contributed by atoms with E-state index in [9.17, 15) is 0 Å². The normalized spacial score (nSPS) is 13.1. The second kappa shape index (κ2) is 6.53. The maximum atomic E-state index is 2.50. The Bertz CT molecular complexity index is 1060. The molecule has 4 aromatic carbocycles. The van der Waals surface area contributed by atoms with Gasteiger partial charge in [0.2, 0.25) is 0 Å². The molecule has 0 aliphatic rings. The molecule has 0 spiro atoms. The van der Waals surface area contributed by atoms with E-state index in [1.54, 1.807) is 5.30 Å². The number of benzene rings is 4. The van der Waals surface area contributed by atoms with Crippen LogP contribution in [0.2, 0.25) is 0 Å². The van der Waals surface area contributed by atoms with Gasteiger partial charge in [0.05, 0.1) is 0 Å². The molecular formula is C23H24P2. The van der Waals surface area contributed by atoms with Gasteiger partial charge in [-0.2, -0.15) is 0 Å². The fourth-order valence-electron chi connectivity index (χ4n) is 3.66. The van der Waals surface area contributed by atoms with Gasteiger partial charge < -0.3 is 0 Å². The summed E-state index contributed by atoms with van der Waals surface area (Å²) in [5.41, 5.74) is 2.84. The molecule has 0 amide bonds.